The first kappa shape index (κ1) is 12.3. The summed E-state index contributed by atoms with van der Waals surface area (Å²) in [4.78, 5) is 0. The Bertz CT molecular complexity index is 146. The van der Waals surface area contributed by atoms with E-state index in [4.69, 9.17) is 0 Å². The maximum Gasteiger partial charge on any atom is 0.0541 e. The zero-order valence-electron chi connectivity index (χ0n) is 9.33. The van der Waals surface area contributed by atoms with Crippen LogP contribution in [0.15, 0.2) is 0 Å². The molecule has 2 nitrogen and oxygen atoms in total. The molecule has 2 N–H and O–H groups in total. The summed E-state index contributed by atoms with van der Waals surface area (Å²) >= 11 is 1.99. The molecule has 1 unspecified atom stereocenters. The maximum atomic E-state index is 9.37. The van der Waals surface area contributed by atoms with E-state index in [0.29, 0.717) is 12.1 Å². The molecule has 3 heteroatoms. The van der Waals surface area contributed by atoms with E-state index in [2.05, 4.69) is 19.2 Å². The lowest BCUT2D eigenvalue weighted by atomic mass is 9.93. The predicted molar refractivity (Wildman–Crippen MR) is 63.9 cm³/mol. The van der Waals surface area contributed by atoms with Crippen molar-refractivity contribution >= 4 is 11.8 Å². The zero-order chi connectivity index (χ0) is 10.4. The molecule has 0 saturated heterocycles. The van der Waals surface area contributed by atoms with Crippen LogP contribution < -0.4 is 5.32 Å². The molecule has 1 aliphatic carbocycles. The van der Waals surface area contributed by atoms with Gasteiger partial charge in [-0.1, -0.05) is 6.92 Å². The van der Waals surface area contributed by atoms with E-state index in [1.54, 1.807) is 0 Å². The number of aliphatic hydroxyl groups is 1. The second-order valence-corrected chi connectivity index (χ2v) is 5.55. The van der Waals surface area contributed by atoms with E-state index in [9.17, 15) is 5.11 Å². The number of aliphatic hydroxyl groups excluding tert-OH is 1. The topological polar surface area (TPSA) is 32.3 Å². The maximum absolute atomic E-state index is 9.37. The van der Waals surface area contributed by atoms with E-state index < -0.39 is 0 Å². The highest BCUT2D eigenvalue weighted by atomic mass is 32.2. The molecule has 0 amide bonds. The Morgan fingerprint density at radius 1 is 1.36 bits per heavy atom. The number of hydrogen-bond donors (Lipinski definition) is 2. The summed E-state index contributed by atoms with van der Waals surface area (Å²) in [6, 6.07) is 1.26. The molecule has 0 heterocycles. The Morgan fingerprint density at radius 2 is 2.00 bits per heavy atom. The van der Waals surface area contributed by atoms with E-state index in [1.807, 2.05) is 11.8 Å². The Kier molecular flexibility index (Phi) is 5.90. The first-order chi connectivity index (χ1) is 6.72. The number of nitrogens with one attached hydrogen (secondary N) is 1. The van der Waals surface area contributed by atoms with Crippen LogP contribution in [0.2, 0.25) is 0 Å². The molecule has 84 valence electrons. The molecule has 1 aliphatic rings. The summed E-state index contributed by atoms with van der Waals surface area (Å²) in [7, 11) is 0. The van der Waals surface area contributed by atoms with Gasteiger partial charge >= 0.3 is 0 Å². The average molecular weight is 217 g/mol. The van der Waals surface area contributed by atoms with E-state index in [0.717, 1.165) is 25.7 Å². The van der Waals surface area contributed by atoms with Crippen molar-refractivity contribution in [3.8, 4) is 0 Å². The Labute approximate surface area is 91.9 Å². The minimum Gasteiger partial charge on any atom is -0.393 e. The molecule has 0 radical (unpaired) electrons. The van der Waals surface area contributed by atoms with Crippen molar-refractivity contribution in [1.82, 2.24) is 5.32 Å². The molecule has 1 fully saturated rings. The van der Waals surface area contributed by atoms with Crippen LogP contribution in [0.25, 0.3) is 0 Å². The highest BCUT2D eigenvalue weighted by molar-refractivity contribution is 7.99. The molecular formula is C11H23NOS. The fraction of sp³-hybridized carbons (Fsp3) is 1.00. The van der Waals surface area contributed by atoms with Gasteiger partial charge in [0.1, 0.15) is 0 Å². The molecule has 0 spiro atoms. The SMILES string of the molecule is CCSCC(C)NC1CCC(O)CC1. The molecule has 0 bridgehead atoms. The van der Waals surface area contributed by atoms with Crippen LogP contribution >= 0.6 is 11.8 Å². The van der Waals surface area contributed by atoms with Gasteiger partial charge < -0.3 is 10.4 Å². The highest BCUT2D eigenvalue weighted by Gasteiger charge is 2.20. The first-order valence-electron chi connectivity index (χ1n) is 5.74. The third-order valence-electron chi connectivity index (χ3n) is 2.79. The fourth-order valence-electron chi connectivity index (χ4n) is 1.99. The molecule has 14 heavy (non-hydrogen) atoms. The highest BCUT2D eigenvalue weighted by Crippen LogP contribution is 2.19. The van der Waals surface area contributed by atoms with E-state index >= 15 is 0 Å². The summed E-state index contributed by atoms with van der Waals surface area (Å²) in [6.07, 6.45) is 4.20. The second-order valence-electron chi connectivity index (χ2n) is 4.23. The van der Waals surface area contributed by atoms with Gasteiger partial charge in [0.2, 0.25) is 0 Å². The fourth-order valence-corrected chi connectivity index (χ4v) is 2.67. The quantitative estimate of drug-likeness (QED) is 0.739. The van der Waals surface area contributed by atoms with Crippen molar-refractivity contribution in [2.75, 3.05) is 11.5 Å². The zero-order valence-corrected chi connectivity index (χ0v) is 10.1. The first-order valence-corrected chi connectivity index (χ1v) is 6.89. The van der Waals surface area contributed by atoms with Crippen LogP contribution in [0.5, 0.6) is 0 Å². The minimum atomic E-state index is -0.0339. The normalized spacial score (nSPS) is 30.2. The molecule has 1 saturated carbocycles. The molecule has 1 rings (SSSR count). The lowest BCUT2D eigenvalue weighted by Gasteiger charge is -2.28. The van der Waals surface area contributed by atoms with Crippen LogP contribution in [-0.2, 0) is 0 Å². The smallest absolute Gasteiger partial charge is 0.0541 e. The lowest BCUT2D eigenvalue weighted by Crippen LogP contribution is -2.41. The number of hydrogen-bond acceptors (Lipinski definition) is 3. The predicted octanol–water partition coefficient (Wildman–Crippen LogP) is 2.02. The van der Waals surface area contributed by atoms with Crippen molar-refractivity contribution in [2.24, 2.45) is 0 Å². The summed E-state index contributed by atoms with van der Waals surface area (Å²) in [5, 5.41) is 13.0. The van der Waals surface area contributed by atoms with E-state index in [1.165, 1.54) is 11.5 Å². The Hall–Kier alpha value is 0.270. The third kappa shape index (κ3) is 4.67. The van der Waals surface area contributed by atoms with Gasteiger partial charge in [0, 0.05) is 17.8 Å². The number of rotatable bonds is 5. The van der Waals surface area contributed by atoms with Gasteiger partial charge in [-0.25, -0.2) is 0 Å². The third-order valence-corrected chi connectivity index (χ3v) is 3.93. The monoisotopic (exact) mass is 217 g/mol. The summed E-state index contributed by atoms with van der Waals surface area (Å²) < 4.78 is 0. The van der Waals surface area contributed by atoms with Crippen LogP contribution in [0, 0.1) is 0 Å². The molecule has 0 aromatic carbocycles. The van der Waals surface area contributed by atoms with Crippen LogP contribution in [-0.4, -0.2) is 34.8 Å². The van der Waals surface area contributed by atoms with Crippen LogP contribution in [0.1, 0.15) is 39.5 Å². The standard InChI is InChI=1S/C11H23NOS/c1-3-14-8-9(2)12-10-4-6-11(13)7-5-10/h9-13H,3-8H2,1-2H3. The van der Waals surface area contributed by atoms with Gasteiger partial charge in [0.05, 0.1) is 6.10 Å². The molecule has 0 aromatic heterocycles. The summed E-state index contributed by atoms with van der Waals surface area (Å²) in [5.41, 5.74) is 0. The number of thioether (sulfide) groups is 1. The van der Waals surface area contributed by atoms with Crippen molar-refractivity contribution in [3.63, 3.8) is 0 Å². The Morgan fingerprint density at radius 3 is 2.57 bits per heavy atom. The molecule has 1 atom stereocenters. The largest absolute Gasteiger partial charge is 0.393 e. The van der Waals surface area contributed by atoms with Gasteiger partial charge in [0.15, 0.2) is 0 Å². The van der Waals surface area contributed by atoms with Gasteiger partial charge in [-0.05, 0) is 38.4 Å². The minimum absolute atomic E-state index is 0.0339. The summed E-state index contributed by atoms with van der Waals surface area (Å²) in [6.45, 7) is 4.46. The molecular weight excluding hydrogens is 194 g/mol. The van der Waals surface area contributed by atoms with Gasteiger partial charge in [-0.2, -0.15) is 11.8 Å². The van der Waals surface area contributed by atoms with Crippen molar-refractivity contribution in [3.05, 3.63) is 0 Å². The van der Waals surface area contributed by atoms with Crippen molar-refractivity contribution in [1.29, 1.82) is 0 Å². The van der Waals surface area contributed by atoms with Gasteiger partial charge in [-0.3, -0.25) is 0 Å². The summed E-state index contributed by atoms with van der Waals surface area (Å²) in [5.74, 6) is 2.41. The lowest BCUT2D eigenvalue weighted by molar-refractivity contribution is 0.115. The van der Waals surface area contributed by atoms with E-state index in [-0.39, 0.29) is 6.10 Å². The van der Waals surface area contributed by atoms with Crippen molar-refractivity contribution < 1.29 is 5.11 Å². The Balaban J connectivity index is 2.10. The van der Waals surface area contributed by atoms with Crippen LogP contribution in [0.3, 0.4) is 0 Å². The molecule has 0 aromatic rings. The van der Waals surface area contributed by atoms with Gasteiger partial charge in [-0.15, -0.1) is 0 Å². The average Bonchev–Trinajstić information content (AvgIpc) is 2.18. The van der Waals surface area contributed by atoms with Gasteiger partial charge in [0.25, 0.3) is 0 Å². The molecule has 0 aliphatic heterocycles. The van der Waals surface area contributed by atoms with Crippen LogP contribution in [0.4, 0.5) is 0 Å². The van der Waals surface area contributed by atoms with Crippen molar-refractivity contribution in [2.45, 2.75) is 57.7 Å². The second kappa shape index (κ2) is 6.70.